The predicted octanol–water partition coefficient (Wildman–Crippen LogP) is 1.85. The average Bonchev–Trinajstić information content (AvgIpc) is 2.34. The second-order valence-corrected chi connectivity index (χ2v) is 3.74. The van der Waals surface area contributed by atoms with Crippen molar-refractivity contribution >= 4 is 5.96 Å². The molecule has 0 aliphatic heterocycles. The Morgan fingerprint density at radius 3 is 2.68 bits per heavy atom. The summed E-state index contributed by atoms with van der Waals surface area (Å²) in [5, 5.41) is 0. The van der Waals surface area contributed by atoms with Gasteiger partial charge < -0.3 is 20.9 Å². The quantitative estimate of drug-likeness (QED) is 0.586. The van der Waals surface area contributed by atoms with Crippen LogP contribution in [0.25, 0.3) is 0 Å². The van der Waals surface area contributed by atoms with Gasteiger partial charge >= 0.3 is 6.61 Å². The summed E-state index contributed by atoms with van der Waals surface area (Å²) in [6.07, 6.45) is 0.820. The zero-order chi connectivity index (χ0) is 14.3. The smallest absolute Gasteiger partial charge is 0.387 e. The van der Waals surface area contributed by atoms with Gasteiger partial charge in [-0.15, -0.1) is 0 Å². The summed E-state index contributed by atoms with van der Waals surface area (Å²) < 4.78 is 34.5. The van der Waals surface area contributed by atoms with Crippen LogP contribution < -0.4 is 20.9 Å². The van der Waals surface area contributed by atoms with Crippen LogP contribution in [0.5, 0.6) is 11.5 Å². The van der Waals surface area contributed by atoms with E-state index in [0.29, 0.717) is 17.9 Å². The fraction of sp³-hybridized carbons (Fsp3) is 0.417. The monoisotopic (exact) mass is 273 g/mol. The van der Waals surface area contributed by atoms with Crippen molar-refractivity contribution in [1.29, 1.82) is 0 Å². The molecule has 0 aromatic heterocycles. The molecule has 0 atom stereocenters. The predicted molar refractivity (Wildman–Crippen MR) is 68.4 cm³/mol. The molecule has 0 saturated heterocycles. The number of hydrogen-bond acceptors (Lipinski definition) is 3. The van der Waals surface area contributed by atoms with Gasteiger partial charge in [-0.05, 0) is 18.6 Å². The molecule has 0 heterocycles. The first-order valence-corrected chi connectivity index (χ1v) is 5.78. The van der Waals surface area contributed by atoms with Crippen molar-refractivity contribution in [1.82, 2.24) is 0 Å². The molecule has 0 saturated carbocycles. The van der Waals surface area contributed by atoms with Gasteiger partial charge in [0.2, 0.25) is 0 Å². The van der Waals surface area contributed by atoms with E-state index in [4.69, 9.17) is 16.2 Å². The van der Waals surface area contributed by atoms with E-state index >= 15 is 0 Å². The normalized spacial score (nSPS) is 10.3. The summed E-state index contributed by atoms with van der Waals surface area (Å²) in [5.74, 6) is 0.355. The first kappa shape index (κ1) is 15.0. The van der Waals surface area contributed by atoms with Crippen molar-refractivity contribution in [3.63, 3.8) is 0 Å². The van der Waals surface area contributed by atoms with E-state index in [0.717, 1.165) is 6.42 Å². The molecule has 1 rings (SSSR count). The summed E-state index contributed by atoms with van der Waals surface area (Å²) >= 11 is 0. The molecule has 106 valence electrons. The Bertz CT molecular complexity index is 435. The van der Waals surface area contributed by atoms with E-state index in [1.54, 1.807) is 12.1 Å². The maximum atomic E-state index is 12.3. The Morgan fingerprint density at radius 2 is 2.11 bits per heavy atom. The van der Waals surface area contributed by atoms with Gasteiger partial charge in [0.25, 0.3) is 0 Å². The summed E-state index contributed by atoms with van der Waals surface area (Å²) in [4.78, 5) is 3.76. The average molecular weight is 273 g/mol. The van der Waals surface area contributed by atoms with E-state index in [-0.39, 0.29) is 18.3 Å². The largest absolute Gasteiger partial charge is 0.493 e. The fourth-order valence-electron chi connectivity index (χ4n) is 1.36. The molecule has 7 heteroatoms. The molecule has 5 nitrogen and oxygen atoms in total. The lowest BCUT2D eigenvalue weighted by Gasteiger charge is -2.12. The number of halogens is 2. The van der Waals surface area contributed by atoms with Crippen molar-refractivity contribution in [2.24, 2.45) is 16.5 Å². The molecule has 1 aromatic rings. The van der Waals surface area contributed by atoms with Crippen LogP contribution in [0, 0.1) is 0 Å². The van der Waals surface area contributed by atoms with Gasteiger partial charge in [0.15, 0.2) is 5.96 Å². The summed E-state index contributed by atoms with van der Waals surface area (Å²) in [5.41, 5.74) is 10.9. The van der Waals surface area contributed by atoms with Crippen LogP contribution in [-0.2, 0) is 6.54 Å². The van der Waals surface area contributed by atoms with Gasteiger partial charge in [0.05, 0.1) is 13.2 Å². The first-order chi connectivity index (χ1) is 9.02. The Hall–Kier alpha value is -2.05. The molecule has 0 amide bonds. The SMILES string of the molecule is CCCOc1ccc(CN=C(N)N)c(OC(F)F)c1. The Balaban J connectivity index is 2.91. The van der Waals surface area contributed by atoms with Crippen LogP contribution in [0.3, 0.4) is 0 Å². The standard InChI is InChI=1S/C12H17F2N3O2/c1-2-5-18-9-4-3-8(7-17-12(15)16)10(6-9)19-11(13)14/h3-4,6,11H,2,5,7H2,1H3,(H4,15,16,17). The molecule has 0 radical (unpaired) electrons. The summed E-state index contributed by atoms with van der Waals surface area (Å²) in [6.45, 7) is -0.400. The number of nitrogens with zero attached hydrogens (tertiary/aromatic N) is 1. The summed E-state index contributed by atoms with van der Waals surface area (Å²) in [7, 11) is 0. The minimum atomic E-state index is -2.92. The maximum absolute atomic E-state index is 12.3. The molecule has 0 fully saturated rings. The number of nitrogens with two attached hydrogens (primary N) is 2. The Labute approximate surface area is 110 Å². The van der Waals surface area contributed by atoms with Crippen LogP contribution in [-0.4, -0.2) is 19.2 Å². The lowest BCUT2D eigenvalue weighted by molar-refractivity contribution is -0.0505. The van der Waals surface area contributed by atoms with Crippen molar-refractivity contribution in [2.45, 2.75) is 26.5 Å². The minimum Gasteiger partial charge on any atom is -0.493 e. The van der Waals surface area contributed by atoms with E-state index in [1.807, 2.05) is 6.92 Å². The van der Waals surface area contributed by atoms with E-state index < -0.39 is 6.61 Å². The van der Waals surface area contributed by atoms with Gasteiger partial charge in [0, 0.05) is 11.6 Å². The third kappa shape index (κ3) is 5.41. The highest BCUT2D eigenvalue weighted by Crippen LogP contribution is 2.27. The third-order valence-corrected chi connectivity index (χ3v) is 2.16. The topological polar surface area (TPSA) is 82.9 Å². The lowest BCUT2D eigenvalue weighted by atomic mass is 10.2. The van der Waals surface area contributed by atoms with E-state index in [2.05, 4.69) is 9.73 Å². The van der Waals surface area contributed by atoms with Crippen molar-refractivity contribution in [2.75, 3.05) is 6.61 Å². The number of rotatable bonds is 7. The molecular formula is C12H17F2N3O2. The molecule has 0 spiro atoms. The van der Waals surface area contributed by atoms with Crippen LogP contribution in [0.15, 0.2) is 23.2 Å². The number of guanidine groups is 1. The van der Waals surface area contributed by atoms with Gasteiger partial charge in [-0.2, -0.15) is 8.78 Å². The van der Waals surface area contributed by atoms with E-state index in [1.165, 1.54) is 6.07 Å². The third-order valence-electron chi connectivity index (χ3n) is 2.16. The second kappa shape index (κ2) is 7.40. The molecule has 0 bridgehead atoms. The number of alkyl halides is 2. The lowest BCUT2D eigenvalue weighted by Crippen LogP contribution is -2.22. The molecule has 4 N–H and O–H groups in total. The first-order valence-electron chi connectivity index (χ1n) is 5.78. The number of ether oxygens (including phenoxy) is 2. The van der Waals surface area contributed by atoms with Gasteiger partial charge in [-0.3, -0.25) is 0 Å². The van der Waals surface area contributed by atoms with Gasteiger partial charge in [-0.25, -0.2) is 4.99 Å². The molecular weight excluding hydrogens is 256 g/mol. The van der Waals surface area contributed by atoms with Crippen LogP contribution in [0.1, 0.15) is 18.9 Å². The van der Waals surface area contributed by atoms with Crippen LogP contribution in [0.2, 0.25) is 0 Å². The van der Waals surface area contributed by atoms with Crippen molar-refractivity contribution in [3.05, 3.63) is 23.8 Å². The zero-order valence-electron chi connectivity index (χ0n) is 10.6. The highest BCUT2D eigenvalue weighted by atomic mass is 19.3. The Morgan fingerprint density at radius 1 is 1.37 bits per heavy atom. The van der Waals surface area contributed by atoms with Crippen LogP contribution in [0.4, 0.5) is 8.78 Å². The van der Waals surface area contributed by atoms with Crippen molar-refractivity contribution in [3.8, 4) is 11.5 Å². The molecule has 0 aliphatic rings. The molecule has 0 unspecified atom stereocenters. The van der Waals surface area contributed by atoms with Gasteiger partial charge in [0.1, 0.15) is 11.5 Å². The van der Waals surface area contributed by atoms with E-state index in [9.17, 15) is 8.78 Å². The zero-order valence-corrected chi connectivity index (χ0v) is 10.6. The number of hydrogen-bond donors (Lipinski definition) is 2. The second-order valence-electron chi connectivity index (χ2n) is 3.74. The highest BCUT2D eigenvalue weighted by Gasteiger charge is 2.11. The highest BCUT2D eigenvalue weighted by molar-refractivity contribution is 5.75. The fourth-order valence-corrected chi connectivity index (χ4v) is 1.36. The molecule has 1 aromatic carbocycles. The maximum Gasteiger partial charge on any atom is 0.387 e. The van der Waals surface area contributed by atoms with Crippen molar-refractivity contribution < 1.29 is 18.3 Å². The Kier molecular flexibility index (Phi) is 5.84. The molecule has 19 heavy (non-hydrogen) atoms. The number of benzene rings is 1. The van der Waals surface area contributed by atoms with Crippen LogP contribution >= 0.6 is 0 Å². The summed E-state index contributed by atoms with van der Waals surface area (Å²) in [6, 6.07) is 4.65. The number of aliphatic imine (C=N–C) groups is 1. The molecule has 0 aliphatic carbocycles. The minimum absolute atomic E-state index is 0.00797. The van der Waals surface area contributed by atoms with Gasteiger partial charge in [-0.1, -0.05) is 6.92 Å².